The van der Waals surface area contributed by atoms with Crippen molar-refractivity contribution in [3.8, 4) is 0 Å². The zero-order valence-electron chi connectivity index (χ0n) is 13.4. The second-order valence-corrected chi connectivity index (χ2v) is 5.55. The number of tetrazole rings is 1. The second-order valence-electron chi connectivity index (χ2n) is 5.55. The van der Waals surface area contributed by atoms with Crippen molar-refractivity contribution >= 4 is 11.6 Å². The summed E-state index contributed by atoms with van der Waals surface area (Å²) < 4.78 is 0. The Hall–Kier alpha value is -3.02. The summed E-state index contributed by atoms with van der Waals surface area (Å²) in [4.78, 5) is 12.7. The van der Waals surface area contributed by atoms with Gasteiger partial charge >= 0.3 is 0 Å². The van der Waals surface area contributed by atoms with E-state index in [2.05, 4.69) is 32.9 Å². The highest BCUT2D eigenvalue weighted by Crippen LogP contribution is 2.20. The Labute approximate surface area is 140 Å². The van der Waals surface area contributed by atoms with Crippen LogP contribution in [0.25, 0.3) is 0 Å². The molecule has 1 atom stereocenters. The third-order valence-corrected chi connectivity index (χ3v) is 3.90. The van der Waals surface area contributed by atoms with Crippen molar-refractivity contribution in [3.63, 3.8) is 0 Å². The largest absolute Gasteiger partial charge is 0.325 e. The Kier molecular flexibility index (Phi) is 4.96. The Morgan fingerprint density at radius 3 is 2.46 bits per heavy atom. The molecule has 0 bridgehead atoms. The number of amides is 1. The average molecular weight is 321 g/mol. The van der Waals surface area contributed by atoms with Gasteiger partial charge in [-0.2, -0.15) is 5.21 Å². The van der Waals surface area contributed by atoms with Crippen LogP contribution in [0.1, 0.15) is 29.8 Å². The van der Waals surface area contributed by atoms with Gasteiger partial charge in [-0.05, 0) is 36.1 Å². The summed E-state index contributed by atoms with van der Waals surface area (Å²) in [7, 11) is 0. The predicted molar refractivity (Wildman–Crippen MR) is 91.5 cm³/mol. The number of aryl methyl sites for hydroxylation is 1. The van der Waals surface area contributed by atoms with Crippen LogP contribution in [0.2, 0.25) is 0 Å². The second kappa shape index (κ2) is 7.50. The topological polar surface area (TPSA) is 83.6 Å². The van der Waals surface area contributed by atoms with E-state index < -0.39 is 5.92 Å². The van der Waals surface area contributed by atoms with Gasteiger partial charge in [0.25, 0.3) is 0 Å². The highest BCUT2D eigenvalue weighted by molar-refractivity contribution is 5.95. The van der Waals surface area contributed by atoms with E-state index in [1.165, 1.54) is 5.56 Å². The molecule has 6 heteroatoms. The lowest BCUT2D eigenvalue weighted by Crippen LogP contribution is -2.24. The van der Waals surface area contributed by atoms with E-state index >= 15 is 0 Å². The van der Waals surface area contributed by atoms with E-state index in [1.54, 1.807) is 0 Å². The molecule has 0 saturated carbocycles. The van der Waals surface area contributed by atoms with Crippen molar-refractivity contribution < 1.29 is 4.79 Å². The lowest BCUT2D eigenvalue weighted by atomic mass is 9.97. The molecule has 0 spiro atoms. The fourth-order valence-electron chi connectivity index (χ4n) is 2.52. The summed E-state index contributed by atoms with van der Waals surface area (Å²) in [6.07, 6.45) is 1.48. The molecule has 24 heavy (non-hydrogen) atoms. The molecule has 0 aliphatic heterocycles. The zero-order chi connectivity index (χ0) is 16.8. The van der Waals surface area contributed by atoms with Crippen molar-refractivity contribution in [1.29, 1.82) is 0 Å². The Morgan fingerprint density at radius 2 is 1.83 bits per heavy atom. The van der Waals surface area contributed by atoms with Crippen LogP contribution in [0.5, 0.6) is 0 Å². The van der Waals surface area contributed by atoms with Crippen LogP contribution in [-0.4, -0.2) is 26.5 Å². The van der Waals surface area contributed by atoms with Gasteiger partial charge in [-0.15, -0.1) is 10.2 Å². The van der Waals surface area contributed by atoms with E-state index in [1.807, 2.05) is 54.6 Å². The normalized spacial score (nSPS) is 11.9. The number of anilines is 1. The highest BCUT2D eigenvalue weighted by Gasteiger charge is 2.25. The van der Waals surface area contributed by atoms with Crippen LogP contribution >= 0.6 is 0 Å². The quantitative estimate of drug-likeness (QED) is 0.731. The average Bonchev–Trinajstić information content (AvgIpc) is 3.15. The first-order chi connectivity index (χ1) is 11.8. The molecule has 0 radical (unpaired) electrons. The van der Waals surface area contributed by atoms with Crippen LogP contribution < -0.4 is 5.32 Å². The van der Waals surface area contributed by atoms with Gasteiger partial charge in [-0.1, -0.05) is 54.6 Å². The van der Waals surface area contributed by atoms with E-state index in [0.29, 0.717) is 12.2 Å². The fraction of sp³-hybridized carbons (Fsp3) is 0.222. The number of aromatic amines is 1. The zero-order valence-corrected chi connectivity index (χ0v) is 13.4. The first kappa shape index (κ1) is 15.9. The number of nitrogens with one attached hydrogen (secondary N) is 2. The van der Waals surface area contributed by atoms with Crippen LogP contribution in [0.3, 0.4) is 0 Å². The maximum absolute atomic E-state index is 12.7. The number of carbonyl (C=O) groups is 1. The highest BCUT2D eigenvalue weighted by atomic mass is 16.1. The van der Waals surface area contributed by atoms with E-state index in [4.69, 9.17) is 0 Å². The summed E-state index contributed by atoms with van der Waals surface area (Å²) in [5, 5.41) is 16.9. The van der Waals surface area contributed by atoms with Gasteiger partial charge in [0.1, 0.15) is 5.92 Å². The van der Waals surface area contributed by atoms with Crippen LogP contribution in [-0.2, 0) is 17.6 Å². The lowest BCUT2D eigenvalue weighted by Gasteiger charge is -2.14. The minimum atomic E-state index is -0.503. The van der Waals surface area contributed by atoms with E-state index in [0.717, 1.165) is 17.7 Å². The molecule has 6 nitrogen and oxygen atoms in total. The minimum absolute atomic E-state index is 0.149. The Bertz CT molecular complexity index is 769. The Morgan fingerprint density at radius 1 is 1.08 bits per heavy atom. The number of hydrogen-bond acceptors (Lipinski definition) is 4. The van der Waals surface area contributed by atoms with Crippen molar-refractivity contribution in [2.24, 2.45) is 0 Å². The molecule has 0 aliphatic carbocycles. The van der Waals surface area contributed by atoms with Crippen molar-refractivity contribution in [3.05, 3.63) is 71.5 Å². The fourth-order valence-corrected chi connectivity index (χ4v) is 2.52. The standard InChI is InChI=1S/C18H19N5O/c1-2-13-8-10-15(11-9-13)19-18(24)16(17-20-22-23-21-17)12-14-6-4-3-5-7-14/h3-11,16H,2,12H2,1H3,(H,19,24)(H,20,21,22,23). The summed E-state index contributed by atoms with van der Waals surface area (Å²) >= 11 is 0. The number of carbonyl (C=O) groups excluding carboxylic acids is 1. The number of rotatable bonds is 6. The molecule has 3 aromatic rings. The van der Waals surface area contributed by atoms with Gasteiger partial charge in [0, 0.05) is 5.69 Å². The first-order valence-electron chi connectivity index (χ1n) is 7.93. The van der Waals surface area contributed by atoms with Crippen LogP contribution in [0, 0.1) is 0 Å². The molecular weight excluding hydrogens is 302 g/mol. The van der Waals surface area contributed by atoms with Gasteiger partial charge in [-0.3, -0.25) is 4.79 Å². The third kappa shape index (κ3) is 3.84. The van der Waals surface area contributed by atoms with E-state index in [-0.39, 0.29) is 5.91 Å². The Balaban J connectivity index is 1.78. The maximum atomic E-state index is 12.7. The molecule has 2 aromatic carbocycles. The lowest BCUT2D eigenvalue weighted by molar-refractivity contribution is -0.117. The number of hydrogen-bond donors (Lipinski definition) is 2. The summed E-state index contributed by atoms with van der Waals surface area (Å²) in [6, 6.07) is 17.6. The van der Waals surface area contributed by atoms with Gasteiger partial charge in [0.2, 0.25) is 5.91 Å². The molecule has 122 valence electrons. The molecule has 2 N–H and O–H groups in total. The number of H-pyrrole nitrogens is 1. The SMILES string of the molecule is CCc1ccc(NC(=O)C(Cc2ccccc2)c2nn[nH]n2)cc1. The molecule has 1 aromatic heterocycles. The smallest absolute Gasteiger partial charge is 0.235 e. The molecule has 0 fully saturated rings. The van der Waals surface area contributed by atoms with Crippen molar-refractivity contribution in [2.45, 2.75) is 25.7 Å². The first-order valence-corrected chi connectivity index (χ1v) is 7.93. The molecule has 0 aliphatic rings. The molecule has 1 amide bonds. The minimum Gasteiger partial charge on any atom is -0.325 e. The van der Waals surface area contributed by atoms with Gasteiger partial charge in [-0.25, -0.2) is 0 Å². The monoisotopic (exact) mass is 321 g/mol. The summed E-state index contributed by atoms with van der Waals surface area (Å²) in [5.74, 6) is -0.261. The molecule has 1 heterocycles. The van der Waals surface area contributed by atoms with Crippen molar-refractivity contribution in [2.75, 3.05) is 5.32 Å². The number of nitrogens with zero attached hydrogens (tertiary/aromatic N) is 3. The molecular formula is C18H19N5O. The maximum Gasteiger partial charge on any atom is 0.235 e. The van der Waals surface area contributed by atoms with Gasteiger partial charge in [0.15, 0.2) is 5.82 Å². The molecule has 1 unspecified atom stereocenters. The number of benzene rings is 2. The summed E-state index contributed by atoms with van der Waals surface area (Å²) in [6.45, 7) is 2.10. The molecule has 0 saturated heterocycles. The third-order valence-electron chi connectivity index (χ3n) is 3.90. The van der Waals surface area contributed by atoms with Gasteiger partial charge in [0.05, 0.1) is 0 Å². The number of aromatic nitrogens is 4. The van der Waals surface area contributed by atoms with Gasteiger partial charge < -0.3 is 5.32 Å². The molecule has 3 rings (SSSR count). The van der Waals surface area contributed by atoms with Crippen LogP contribution in [0.15, 0.2) is 54.6 Å². The van der Waals surface area contributed by atoms with Crippen molar-refractivity contribution in [1.82, 2.24) is 20.6 Å². The van der Waals surface area contributed by atoms with E-state index in [9.17, 15) is 4.79 Å². The predicted octanol–water partition coefficient (Wildman–Crippen LogP) is 2.73. The summed E-state index contributed by atoms with van der Waals surface area (Å²) in [5.41, 5.74) is 3.04. The van der Waals surface area contributed by atoms with Crippen LogP contribution in [0.4, 0.5) is 5.69 Å².